The number of likely N-dealkylation sites (tertiary alicyclic amines) is 1. The van der Waals surface area contributed by atoms with Crippen molar-refractivity contribution in [2.45, 2.75) is 12.0 Å². The minimum Gasteiger partial charge on any atom is -0.394 e. The standard InChI is InChI=1S/C21H31N9O3/c1-28(2)18(32)12-29-4-3-21(13-29,14-31)27-17-9-16(15-10-23-19(22)24-11-15)25-20(26-17)30-5-7-33-8-6-30/h9-11,31H,3-8,12-14H2,1-2H3,(H2,22,23,24)(H,25,26,27)/t21-/m0/s1. The monoisotopic (exact) mass is 457 g/mol. The summed E-state index contributed by atoms with van der Waals surface area (Å²) in [6.45, 7) is 4.05. The molecular weight excluding hydrogens is 426 g/mol. The Morgan fingerprint density at radius 1 is 1.24 bits per heavy atom. The van der Waals surface area contributed by atoms with Crippen molar-refractivity contribution >= 4 is 23.6 Å². The Morgan fingerprint density at radius 2 is 1.97 bits per heavy atom. The van der Waals surface area contributed by atoms with Gasteiger partial charge in [-0.05, 0) is 6.42 Å². The van der Waals surface area contributed by atoms with E-state index in [2.05, 4.69) is 20.2 Å². The number of ether oxygens (including phenoxy) is 1. The van der Waals surface area contributed by atoms with Crippen molar-refractivity contribution in [2.75, 3.05) is 82.6 Å². The lowest BCUT2D eigenvalue weighted by atomic mass is 10.00. The smallest absolute Gasteiger partial charge is 0.236 e. The number of aliphatic hydroxyl groups excluding tert-OH is 1. The van der Waals surface area contributed by atoms with Gasteiger partial charge in [-0.3, -0.25) is 9.69 Å². The first-order chi connectivity index (χ1) is 15.9. The SMILES string of the molecule is CN(C)C(=O)CN1CC[C@](CO)(Nc2cc(-c3cnc(N)nc3)nc(N3CCOCC3)n2)C1. The van der Waals surface area contributed by atoms with E-state index >= 15 is 0 Å². The summed E-state index contributed by atoms with van der Waals surface area (Å²) in [6, 6.07) is 1.82. The van der Waals surface area contributed by atoms with E-state index in [0.29, 0.717) is 75.4 Å². The number of nitrogens with one attached hydrogen (secondary N) is 1. The van der Waals surface area contributed by atoms with Crippen LogP contribution in [0.15, 0.2) is 18.5 Å². The third-order valence-electron chi connectivity index (χ3n) is 5.96. The maximum atomic E-state index is 12.1. The number of carbonyl (C=O) groups excluding carboxylic acids is 1. The highest BCUT2D eigenvalue weighted by Crippen LogP contribution is 2.29. The van der Waals surface area contributed by atoms with Crippen molar-refractivity contribution in [1.29, 1.82) is 0 Å². The highest BCUT2D eigenvalue weighted by Gasteiger charge is 2.39. The first kappa shape index (κ1) is 23.1. The molecule has 2 aromatic heterocycles. The number of nitrogen functional groups attached to an aromatic ring is 1. The van der Waals surface area contributed by atoms with Crippen LogP contribution in [-0.2, 0) is 9.53 Å². The quantitative estimate of drug-likeness (QED) is 0.484. The minimum absolute atomic E-state index is 0.0333. The number of carbonyl (C=O) groups is 1. The van der Waals surface area contributed by atoms with Gasteiger partial charge in [0.2, 0.25) is 17.8 Å². The molecule has 4 rings (SSSR count). The molecule has 4 heterocycles. The summed E-state index contributed by atoms with van der Waals surface area (Å²) in [4.78, 5) is 35.5. The van der Waals surface area contributed by atoms with Gasteiger partial charge in [0.15, 0.2) is 0 Å². The Hall–Kier alpha value is -3.09. The highest BCUT2D eigenvalue weighted by atomic mass is 16.5. The largest absolute Gasteiger partial charge is 0.394 e. The van der Waals surface area contributed by atoms with Gasteiger partial charge in [-0.2, -0.15) is 4.98 Å². The van der Waals surface area contributed by atoms with Crippen LogP contribution in [0.1, 0.15) is 6.42 Å². The zero-order valence-electron chi connectivity index (χ0n) is 19.1. The van der Waals surface area contributed by atoms with Gasteiger partial charge in [-0.1, -0.05) is 0 Å². The van der Waals surface area contributed by atoms with Crippen LogP contribution in [0.2, 0.25) is 0 Å². The van der Waals surface area contributed by atoms with Crippen molar-refractivity contribution in [3.8, 4) is 11.3 Å². The van der Waals surface area contributed by atoms with Crippen molar-refractivity contribution in [2.24, 2.45) is 0 Å². The highest BCUT2D eigenvalue weighted by molar-refractivity contribution is 5.77. The van der Waals surface area contributed by atoms with Crippen LogP contribution in [-0.4, -0.2) is 113 Å². The fourth-order valence-electron chi connectivity index (χ4n) is 3.99. The fraction of sp³-hybridized carbons (Fsp3) is 0.571. The molecule has 12 nitrogen and oxygen atoms in total. The summed E-state index contributed by atoms with van der Waals surface area (Å²) in [7, 11) is 3.49. The molecule has 0 unspecified atom stereocenters. The number of amides is 1. The van der Waals surface area contributed by atoms with Crippen molar-refractivity contribution in [1.82, 2.24) is 29.7 Å². The molecule has 2 aliphatic heterocycles. The number of anilines is 3. The van der Waals surface area contributed by atoms with Crippen LogP contribution < -0.4 is 16.0 Å². The average molecular weight is 458 g/mol. The molecule has 0 bridgehead atoms. The zero-order chi connectivity index (χ0) is 23.4. The first-order valence-electron chi connectivity index (χ1n) is 11.0. The number of likely N-dealkylation sites (N-methyl/N-ethyl adjacent to an activating group) is 1. The van der Waals surface area contributed by atoms with E-state index < -0.39 is 5.54 Å². The molecule has 12 heteroatoms. The summed E-state index contributed by atoms with van der Waals surface area (Å²) in [5.74, 6) is 1.39. The van der Waals surface area contributed by atoms with Crippen LogP contribution in [0.5, 0.6) is 0 Å². The Kier molecular flexibility index (Phi) is 6.86. The molecule has 1 amide bonds. The predicted molar refractivity (Wildman–Crippen MR) is 124 cm³/mol. The molecule has 1 atom stereocenters. The topological polar surface area (TPSA) is 146 Å². The molecular formula is C21H31N9O3. The van der Waals surface area contributed by atoms with Crippen LogP contribution in [0, 0.1) is 0 Å². The molecule has 0 radical (unpaired) electrons. The summed E-state index contributed by atoms with van der Waals surface area (Å²) < 4.78 is 5.46. The number of rotatable bonds is 7. The van der Waals surface area contributed by atoms with E-state index in [1.54, 1.807) is 31.4 Å². The number of nitrogens with zero attached hydrogens (tertiary/aromatic N) is 7. The van der Waals surface area contributed by atoms with E-state index in [9.17, 15) is 9.90 Å². The molecule has 0 saturated carbocycles. The normalized spacial score (nSPS) is 21.2. The van der Waals surface area contributed by atoms with Gasteiger partial charge < -0.3 is 30.7 Å². The molecule has 2 saturated heterocycles. The number of nitrogens with two attached hydrogens (primary N) is 1. The molecule has 2 aromatic rings. The van der Waals surface area contributed by atoms with Crippen molar-refractivity contribution in [3.63, 3.8) is 0 Å². The number of aromatic nitrogens is 4. The zero-order valence-corrected chi connectivity index (χ0v) is 19.1. The molecule has 0 aliphatic carbocycles. The minimum atomic E-state index is -0.613. The summed E-state index contributed by atoms with van der Waals surface area (Å²) >= 11 is 0. The van der Waals surface area contributed by atoms with E-state index in [4.69, 9.17) is 20.4 Å². The predicted octanol–water partition coefficient (Wildman–Crippen LogP) is -0.711. The van der Waals surface area contributed by atoms with Gasteiger partial charge in [0.1, 0.15) is 5.82 Å². The Morgan fingerprint density at radius 3 is 2.64 bits per heavy atom. The second kappa shape index (κ2) is 9.81. The lowest BCUT2D eigenvalue weighted by Gasteiger charge is -2.31. The van der Waals surface area contributed by atoms with Crippen LogP contribution in [0.4, 0.5) is 17.7 Å². The van der Waals surface area contributed by atoms with E-state index in [1.165, 1.54) is 0 Å². The lowest BCUT2D eigenvalue weighted by Crippen LogP contribution is -2.46. The lowest BCUT2D eigenvalue weighted by molar-refractivity contribution is -0.129. The van der Waals surface area contributed by atoms with Gasteiger partial charge in [0.05, 0.1) is 37.6 Å². The Bertz CT molecular complexity index is 966. The summed E-state index contributed by atoms with van der Waals surface area (Å²) in [5.41, 5.74) is 6.40. The van der Waals surface area contributed by atoms with Crippen molar-refractivity contribution < 1.29 is 14.6 Å². The van der Waals surface area contributed by atoms with E-state index in [0.717, 1.165) is 0 Å². The van der Waals surface area contributed by atoms with Gasteiger partial charge in [0.25, 0.3) is 0 Å². The summed E-state index contributed by atoms with van der Waals surface area (Å²) in [6.07, 6.45) is 3.94. The summed E-state index contributed by atoms with van der Waals surface area (Å²) in [5, 5.41) is 13.7. The maximum Gasteiger partial charge on any atom is 0.236 e. The van der Waals surface area contributed by atoms with Crippen LogP contribution in [0.25, 0.3) is 11.3 Å². The Balaban J connectivity index is 1.60. The molecule has 0 aromatic carbocycles. The van der Waals surface area contributed by atoms with Gasteiger partial charge in [-0.15, -0.1) is 0 Å². The Labute approximate surface area is 192 Å². The fourth-order valence-corrected chi connectivity index (χ4v) is 3.99. The molecule has 2 fully saturated rings. The second-order valence-corrected chi connectivity index (χ2v) is 8.68. The van der Waals surface area contributed by atoms with Gasteiger partial charge in [-0.25, -0.2) is 15.0 Å². The third kappa shape index (κ3) is 5.46. The van der Waals surface area contributed by atoms with Crippen LogP contribution >= 0.6 is 0 Å². The number of hydrogen-bond acceptors (Lipinski definition) is 11. The number of morpholine rings is 1. The molecule has 4 N–H and O–H groups in total. The van der Waals surface area contributed by atoms with E-state index in [1.807, 2.05) is 11.0 Å². The molecule has 33 heavy (non-hydrogen) atoms. The van der Waals surface area contributed by atoms with Crippen LogP contribution in [0.3, 0.4) is 0 Å². The average Bonchev–Trinajstić information content (AvgIpc) is 3.22. The van der Waals surface area contributed by atoms with Crippen molar-refractivity contribution in [3.05, 3.63) is 18.5 Å². The first-order valence-corrected chi connectivity index (χ1v) is 11.0. The number of aliphatic hydroxyl groups is 1. The maximum absolute atomic E-state index is 12.1. The second-order valence-electron chi connectivity index (χ2n) is 8.68. The number of hydrogen-bond donors (Lipinski definition) is 3. The molecule has 0 spiro atoms. The van der Waals surface area contributed by atoms with Gasteiger partial charge >= 0.3 is 0 Å². The van der Waals surface area contributed by atoms with Gasteiger partial charge in [0, 0.05) is 64.3 Å². The molecule has 178 valence electrons. The molecule has 2 aliphatic rings. The third-order valence-corrected chi connectivity index (χ3v) is 5.96. The van der Waals surface area contributed by atoms with E-state index in [-0.39, 0.29) is 18.5 Å².